The van der Waals surface area contributed by atoms with E-state index in [-0.39, 0.29) is 32.1 Å². The van der Waals surface area contributed by atoms with Crippen molar-refractivity contribution in [3.63, 3.8) is 0 Å². The van der Waals surface area contributed by atoms with Crippen LogP contribution in [0.3, 0.4) is 0 Å². The van der Waals surface area contributed by atoms with Crippen LogP contribution in [0.4, 0.5) is 0 Å². The van der Waals surface area contributed by atoms with Gasteiger partial charge in [0.1, 0.15) is 6.61 Å². The third-order valence-electron chi connectivity index (χ3n) is 19.0. The molecule has 0 aromatic heterocycles. The summed E-state index contributed by atoms with van der Waals surface area (Å²) in [6.07, 6.45) is 92.6. The molecular formula is C79H158NO8P. The summed E-state index contributed by atoms with van der Waals surface area (Å²) < 4.78 is 33.3. The number of esters is 2. The van der Waals surface area contributed by atoms with Crippen LogP contribution in [0.2, 0.25) is 0 Å². The van der Waals surface area contributed by atoms with E-state index in [4.69, 9.17) is 24.3 Å². The fourth-order valence-electron chi connectivity index (χ4n) is 13.0. The van der Waals surface area contributed by atoms with Crippen molar-refractivity contribution in [2.75, 3.05) is 26.4 Å². The van der Waals surface area contributed by atoms with Crippen LogP contribution in [-0.2, 0) is 32.7 Å². The first-order valence-electron chi connectivity index (χ1n) is 40.5. The molecular weight excluding hydrogens is 1120 g/mol. The van der Waals surface area contributed by atoms with E-state index in [0.717, 1.165) is 32.1 Å². The molecule has 0 aliphatic heterocycles. The first kappa shape index (κ1) is 88.0. The number of carbonyl (C=O) groups is 2. The molecule has 0 aliphatic carbocycles. The maximum absolute atomic E-state index is 12.8. The van der Waals surface area contributed by atoms with Crippen molar-refractivity contribution < 1.29 is 37.6 Å². The number of phosphoric ester groups is 1. The second-order valence-corrected chi connectivity index (χ2v) is 29.5. The van der Waals surface area contributed by atoms with E-state index >= 15 is 0 Å². The van der Waals surface area contributed by atoms with Crippen molar-refractivity contribution in [3.05, 3.63) is 0 Å². The number of unbranched alkanes of at least 4 members (excludes halogenated alkanes) is 66. The highest BCUT2D eigenvalue weighted by Crippen LogP contribution is 2.43. The molecule has 0 saturated heterocycles. The molecule has 0 aliphatic rings. The molecule has 10 heteroatoms. The van der Waals surface area contributed by atoms with Gasteiger partial charge in [-0.05, 0) is 12.8 Å². The fourth-order valence-corrected chi connectivity index (χ4v) is 13.8. The molecule has 0 radical (unpaired) electrons. The second-order valence-electron chi connectivity index (χ2n) is 28.0. The zero-order valence-corrected chi connectivity index (χ0v) is 61.1. The average molecular weight is 1280 g/mol. The summed E-state index contributed by atoms with van der Waals surface area (Å²) in [4.78, 5) is 35.4. The molecule has 3 N–H and O–H groups in total. The predicted octanol–water partition coefficient (Wildman–Crippen LogP) is 26.9. The van der Waals surface area contributed by atoms with Gasteiger partial charge in [0, 0.05) is 19.4 Å². The SMILES string of the molecule is CCCCCCCCCCCCCCCCCCCCCCCCCCCCCCCCCCCCCCCCC(=O)OC(COC(=O)CCCCCCCCCCCCCCCCCCCCCCCCCCCCCCCC)COP(=O)(O)OCCN. The van der Waals surface area contributed by atoms with Crippen LogP contribution < -0.4 is 5.73 Å². The average Bonchev–Trinajstić information content (AvgIpc) is 3.65. The monoisotopic (exact) mass is 1280 g/mol. The molecule has 0 amide bonds. The van der Waals surface area contributed by atoms with E-state index in [2.05, 4.69) is 13.8 Å². The first-order valence-corrected chi connectivity index (χ1v) is 42.0. The lowest BCUT2D eigenvalue weighted by Crippen LogP contribution is -2.29. The summed E-state index contributed by atoms with van der Waals surface area (Å²) >= 11 is 0. The summed E-state index contributed by atoms with van der Waals surface area (Å²) in [5.74, 6) is -0.794. The molecule has 0 spiro atoms. The van der Waals surface area contributed by atoms with Crippen LogP contribution in [0.5, 0.6) is 0 Å². The number of hydrogen-bond donors (Lipinski definition) is 2. The van der Waals surface area contributed by atoms with Crippen molar-refractivity contribution in [1.29, 1.82) is 0 Å². The van der Waals surface area contributed by atoms with Gasteiger partial charge < -0.3 is 20.1 Å². The van der Waals surface area contributed by atoms with Crippen LogP contribution in [0.15, 0.2) is 0 Å². The van der Waals surface area contributed by atoms with E-state index in [0.29, 0.717) is 12.8 Å². The standard InChI is InChI=1S/C79H158NO8P/c1-3-5-7-9-11-13-15-17-19-21-23-25-27-29-31-33-35-36-37-38-39-40-41-42-44-46-48-50-52-54-56-58-60-62-64-66-68-70-72-79(82)88-77(76-87-89(83,84)86-74-73-80)75-85-78(81)71-69-67-65-63-61-59-57-55-53-51-49-47-45-43-34-32-30-28-26-24-22-20-18-16-14-12-10-8-6-4-2/h77H,3-76,80H2,1-2H3,(H,83,84). The largest absolute Gasteiger partial charge is 0.472 e. The Bertz CT molecular complexity index is 1420. The minimum Gasteiger partial charge on any atom is -0.462 e. The van der Waals surface area contributed by atoms with E-state index in [1.807, 2.05) is 0 Å². The van der Waals surface area contributed by atoms with Gasteiger partial charge in [0.05, 0.1) is 13.2 Å². The van der Waals surface area contributed by atoms with E-state index < -0.39 is 26.5 Å². The molecule has 0 aromatic rings. The third kappa shape index (κ3) is 75.9. The van der Waals surface area contributed by atoms with Crippen molar-refractivity contribution in [1.82, 2.24) is 0 Å². The quantitative estimate of drug-likeness (QED) is 0.0347. The lowest BCUT2D eigenvalue weighted by Gasteiger charge is -2.19. The van der Waals surface area contributed by atoms with Gasteiger partial charge in [0.2, 0.25) is 0 Å². The Balaban J connectivity index is 3.71. The Kier molecular flexibility index (Phi) is 75.2. The van der Waals surface area contributed by atoms with Gasteiger partial charge in [-0.3, -0.25) is 18.6 Å². The smallest absolute Gasteiger partial charge is 0.462 e. The summed E-state index contributed by atoms with van der Waals surface area (Å²) in [5, 5.41) is 0. The number of phosphoric acid groups is 1. The molecule has 2 unspecified atom stereocenters. The molecule has 89 heavy (non-hydrogen) atoms. The van der Waals surface area contributed by atoms with E-state index in [1.54, 1.807) is 0 Å². The topological polar surface area (TPSA) is 134 Å². The highest BCUT2D eigenvalue weighted by molar-refractivity contribution is 7.47. The second kappa shape index (κ2) is 76.0. The van der Waals surface area contributed by atoms with Crippen molar-refractivity contribution in [3.8, 4) is 0 Å². The highest BCUT2D eigenvalue weighted by atomic mass is 31.2. The van der Waals surface area contributed by atoms with Gasteiger partial charge in [0.15, 0.2) is 6.10 Å². The van der Waals surface area contributed by atoms with Crippen molar-refractivity contribution >= 4 is 19.8 Å². The Hall–Kier alpha value is -0.990. The summed E-state index contributed by atoms with van der Waals surface area (Å²) in [5.41, 5.74) is 5.42. The molecule has 0 rings (SSSR count). The van der Waals surface area contributed by atoms with Crippen LogP contribution in [0.25, 0.3) is 0 Å². The molecule has 0 aromatic carbocycles. The maximum Gasteiger partial charge on any atom is 0.472 e. The first-order chi connectivity index (χ1) is 43.8. The van der Waals surface area contributed by atoms with Crippen LogP contribution in [0, 0.1) is 0 Å². The van der Waals surface area contributed by atoms with Crippen LogP contribution in [-0.4, -0.2) is 49.3 Å². The molecule has 532 valence electrons. The van der Waals surface area contributed by atoms with Gasteiger partial charge in [0.25, 0.3) is 0 Å². The van der Waals surface area contributed by atoms with E-state index in [1.165, 1.54) is 398 Å². The summed E-state index contributed by atoms with van der Waals surface area (Å²) in [6, 6.07) is 0. The van der Waals surface area contributed by atoms with Gasteiger partial charge >= 0.3 is 19.8 Å². The van der Waals surface area contributed by atoms with Gasteiger partial charge in [-0.2, -0.15) is 0 Å². The minimum absolute atomic E-state index is 0.0590. The normalized spacial score (nSPS) is 12.7. The van der Waals surface area contributed by atoms with Gasteiger partial charge in [-0.15, -0.1) is 0 Å². The number of ether oxygens (including phenoxy) is 2. The van der Waals surface area contributed by atoms with Gasteiger partial charge in [-0.1, -0.05) is 438 Å². The molecule has 0 saturated carbocycles. The number of nitrogens with two attached hydrogens (primary N) is 1. The molecule has 9 nitrogen and oxygen atoms in total. The van der Waals surface area contributed by atoms with Crippen molar-refractivity contribution in [2.45, 2.75) is 469 Å². The molecule has 0 fully saturated rings. The fraction of sp³-hybridized carbons (Fsp3) is 0.975. The Morgan fingerprint density at radius 1 is 0.292 bits per heavy atom. The molecule has 0 bridgehead atoms. The maximum atomic E-state index is 12.8. The lowest BCUT2D eigenvalue weighted by molar-refractivity contribution is -0.161. The third-order valence-corrected chi connectivity index (χ3v) is 20.0. The highest BCUT2D eigenvalue weighted by Gasteiger charge is 2.26. The molecule has 0 heterocycles. The van der Waals surface area contributed by atoms with E-state index in [9.17, 15) is 19.0 Å². The Labute approximate surface area is 556 Å². The number of hydrogen-bond acceptors (Lipinski definition) is 8. The number of carbonyl (C=O) groups excluding carboxylic acids is 2. The Morgan fingerprint density at radius 3 is 0.685 bits per heavy atom. The Morgan fingerprint density at radius 2 is 0.483 bits per heavy atom. The predicted molar refractivity (Wildman–Crippen MR) is 386 cm³/mol. The summed E-state index contributed by atoms with van der Waals surface area (Å²) in [6.45, 7) is 3.86. The summed E-state index contributed by atoms with van der Waals surface area (Å²) in [7, 11) is -4.39. The zero-order valence-electron chi connectivity index (χ0n) is 60.2. The van der Waals surface area contributed by atoms with Crippen LogP contribution in [0.1, 0.15) is 463 Å². The lowest BCUT2D eigenvalue weighted by atomic mass is 10.0. The van der Waals surface area contributed by atoms with Crippen LogP contribution >= 0.6 is 7.82 Å². The minimum atomic E-state index is -4.39. The number of rotatable bonds is 79. The van der Waals surface area contributed by atoms with Crippen molar-refractivity contribution in [2.24, 2.45) is 5.73 Å². The van der Waals surface area contributed by atoms with Gasteiger partial charge in [-0.25, -0.2) is 4.57 Å². The zero-order chi connectivity index (χ0) is 64.4. The molecule has 2 atom stereocenters.